The second-order valence-electron chi connectivity index (χ2n) is 8.95. The van der Waals surface area contributed by atoms with Gasteiger partial charge in [0.2, 0.25) is 10.0 Å². The van der Waals surface area contributed by atoms with Crippen LogP contribution >= 0.6 is 0 Å². The Morgan fingerprint density at radius 1 is 0.935 bits per heavy atom. The Morgan fingerprint density at radius 3 is 2.13 bits per heavy atom. The number of anilines is 1. The van der Waals surface area contributed by atoms with Crippen LogP contribution in [0.15, 0.2) is 23.1 Å². The molecule has 3 aliphatic heterocycles. The van der Waals surface area contributed by atoms with E-state index in [2.05, 4.69) is 18.7 Å². The molecule has 1 aromatic rings. The second kappa shape index (κ2) is 9.44. The van der Waals surface area contributed by atoms with E-state index in [0.717, 1.165) is 12.1 Å². The standard InChI is InChI=1S/C22H33N3O5S/c1-17-13-18(2)16-24(15-17)22(26)20-14-19(31(27,28)25-7-11-30-12-8-25)3-4-21(20)23-5-9-29-10-6-23/h3-4,14,17-18H,5-13,15-16H2,1-2H3. The predicted octanol–water partition coefficient (Wildman–Crippen LogP) is 1.66. The van der Waals surface area contributed by atoms with Crippen molar-refractivity contribution in [3.05, 3.63) is 23.8 Å². The minimum absolute atomic E-state index is 0.0843. The molecule has 2 atom stereocenters. The first-order chi connectivity index (χ1) is 14.9. The second-order valence-corrected chi connectivity index (χ2v) is 10.9. The molecule has 0 radical (unpaired) electrons. The van der Waals surface area contributed by atoms with Gasteiger partial charge >= 0.3 is 0 Å². The van der Waals surface area contributed by atoms with Crippen LogP contribution in [0.4, 0.5) is 5.69 Å². The summed E-state index contributed by atoms with van der Waals surface area (Å²) in [6.45, 7) is 9.73. The maximum atomic E-state index is 13.6. The Morgan fingerprint density at radius 2 is 1.52 bits per heavy atom. The average Bonchev–Trinajstić information content (AvgIpc) is 2.78. The number of carbonyl (C=O) groups is 1. The van der Waals surface area contributed by atoms with Crippen molar-refractivity contribution in [1.29, 1.82) is 0 Å². The number of hydrogen-bond donors (Lipinski definition) is 0. The molecule has 1 aromatic carbocycles. The maximum Gasteiger partial charge on any atom is 0.256 e. The third-order valence-electron chi connectivity index (χ3n) is 6.31. The molecule has 8 nitrogen and oxygen atoms in total. The fourth-order valence-corrected chi connectivity index (χ4v) is 6.30. The van der Waals surface area contributed by atoms with Crippen molar-refractivity contribution in [1.82, 2.24) is 9.21 Å². The summed E-state index contributed by atoms with van der Waals surface area (Å²) >= 11 is 0. The van der Waals surface area contributed by atoms with Gasteiger partial charge in [0.05, 0.1) is 36.9 Å². The van der Waals surface area contributed by atoms with Crippen LogP contribution < -0.4 is 4.90 Å². The Balaban J connectivity index is 1.70. The van der Waals surface area contributed by atoms with Gasteiger partial charge in [-0.15, -0.1) is 0 Å². The minimum Gasteiger partial charge on any atom is -0.379 e. The number of ether oxygens (including phenoxy) is 2. The smallest absolute Gasteiger partial charge is 0.256 e. The first kappa shape index (κ1) is 22.5. The van der Waals surface area contributed by atoms with Gasteiger partial charge in [0.1, 0.15) is 0 Å². The summed E-state index contributed by atoms with van der Waals surface area (Å²) in [6.07, 6.45) is 1.10. The predicted molar refractivity (Wildman–Crippen MR) is 118 cm³/mol. The summed E-state index contributed by atoms with van der Waals surface area (Å²) in [5.74, 6) is 0.776. The van der Waals surface area contributed by atoms with E-state index >= 15 is 0 Å². The Hall–Kier alpha value is -1.68. The van der Waals surface area contributed by atoms with Crippen LogP contribution in [0.5, 0.6) is 0 Å². The fourth-order valence-electron chi connectivity index (χ4n) is 4.86. The van der Waals surface area contributed by atoms with Gasteiger partial charge in [-0.25, -0.2) is 8.42 Å². The summed E-state index contributed by atoms with van der Waals surface area (Å²) in [5.41, 5.74) is 1.26. The lowest BCUT2D eigenvalue weighted by atomic mass is 9.91. The van der Waals surface area contributed by atoms with E-state index < -0.39 is 10.0 Å². The van der Waals surface area contributed by atoms with E-state index in [1.54, 1.807) is 18.2 Å². The molecule has 4 rings (SSSR count). The zero-order chi connectivity index (χ0) is 22.0. The molecule has 9 heteroatoms. The number of morpholine rings is 2. The van der Waals surface area contributed by atoms with E-state index in [1.165, 1.54) is 4.31 Å². The third kappa shape index (κ3) is 4.89. The van der Waals surface area contributed by atoms with Gasteiger partial charge in [0.25, 0.3) is 5.91 Å². The molecule has 3 heterocycles. The van der Waals surface area contributed by atoms with Crippen molar-refractivity contribution in [3.8, 4) is 0 Å². The van der Waals surface area contributed by atoms with Crippen molar-refractivity contribution < 1.29 is 22.7 Å². The summed E-state index contributed by atoms with van der Waals surface area (Å²) < 4.78 is 38.7. The number of hydrogen-bond acceptors (Lipinski definition) is 6. The van der Waals surface area contributed by atoms with Crippen LogP contribution in [0, 0.1) is 11.8 Å². The number of amides is 1. The van der Waals surface area contributed by atoms with Crippen molar-refractivity contribution in [2.24, 2.45) is 11.8 Å². The van der Waals surface area contributed by atoms with E-state index in [0.29, 0.717) is 83.1 Å². The number of carbonyl (C=O) groups excluding carboxylic acids is 1. The van der Waals surface area contributed by atoms with Crippen LogP contribution in [-0.2, 0) is 19.5 Å². The zero-order valence-corrected chi connectivity index (χ0v) is 19.3. The van der Waals surface area contributed by atoms with Crippen molar-refractivity contribution >= 4 is 21.6 Å². The molecule has 0 saturated carbocycles. The molecule has 1 amide bonds. The van der Waals surface area contributed by atoms with Gasteiger partial charge in [0.15, 0.2) is 0 Å². The number of nitrogens with zero attached hydrogens (tertiary/aromatic N) is 3. The third-order valence-corrected chi connectivity index (χ3v) is 8.21. The van der Waals surface area contributed by atoms with Crippen molar-refractivity contribution in [2.45, 2.75) is 25.2 Å². The van der Waals surface area contributed by atoms with Crippen LogP contribution in [0.1, 0.15) is 30.6 Å². The maximum absolute atomic E-state index is 13.6. The fraction of sp³-hybridized carbons (Fsp3) is 0.682. The Labute approximate surface area is 185 Å². The van der Waals surface area contributed by atoms with Gasteiger partial charge in [-0.05, 0) is 36.5 Å². The van der Waals surface area contributed by atoms with Gasteiger partial charge in [-0.2, -0.15) is 4.31 Å². The summed E-state index contributed by atoms with van der Waals surface area (Å²) in [6, 6.07) is 5.01. The molecule has 0 spiro atoms. The Bertz CT molecular complexity index is 884. The molecular weight excluding hydrogens is 418 g/mol. The van der Waals surface area contributed by atoms with Gasteiger partial charge < -0.3 is 19.3 Å². The number of piperidine rings is 1. The quantitative estimate of drug-likeness (QED) is 0.693. The average molecular weight is 452 g/mol. The molecule has 31 heavy (non-hydrogen) atoms. The lowest BCUT2D eigenvalue weighted by Gasteiger charge is -2.37. The van der Waals surface area contributed by atoms with Crippen LogP contribution in [0.3, 0.4) is 0 Å². The van der Waals surface area contributed by atoms with Crippen molar-refractivity contribution in [2.75, 3.05) is 70.6 Å². The highest BCUT2D eigenvalue weighted by molar-refractivity contribution is 7.89. The SMILES string of the molecule is CC1CC(C)CN(C(=O)c2cc(S(=O)(=O)N3CCOCC3)ccc2N2CCOCC2)C1. The van der Waals surface area contributed by atoms with E-state index in [1.807, 2.05) is 4.90 Å². The molecule has 0 aliphatic carbocycles. The monoisotopic (exact) mass is 451 g/mol. The first-order valence-corrected chi connectivity index (χ1v) is 12.6. The highest BCUT2D eigenvalue weighted by Crippen LogP contribution is 2.30. The van der Waals surface area contributed by atoms with Crippen LogP contribution in [0.2, 0.25) is 0 Å². The minimum atomic E-state index is -3.68. The Kier molecular flexibility index (Phi) is 6.86. The summed E-state index contributed by atoms with van der Waals surface area (Å²) in [7, 11) is -3.68. The summed E-state index contributed by atoms with van der Waals surface area (Å²) in [4.78, 5) is 17.8. The first-order valence-electron chi connectivity index (χ1n) is 11.2. The number of sulfonamides is 1. The van der Waals surface area contributed by atoms with E-state index in [4.69, 9.17) is 9.47 Å². The van der Waals surface area contributed by atoms with Crippen LogP contribution in [-0.4, -0.2) is 89.2 Å². The normalized spacial score (nSPS) is 26.1. The molecule has 3 fully saturated rings. The number of benzene rings is 1. The molecule has 172 valence electrons. The van der Waals surface area contributed by atoms with Gasteiger partial charge in [0, 0.05) is 45.0 Å². The van der Waals surface area contributed by atoms with Gasteiger partial charge in [-0.1, -0.05) is 13.8 Å². The lowest BCUT2D eigenvalue weighted by molar-refractivity contribution is 0.0622. The van der Waals surface area contributed by atoms with Crippen LogP contribution in [0.25, 0.3) is 0 Å². The van der Waals surface area contributed by atoms with Gasteiger partial charge in [-0.3, -0.25) is 4.79 Å². The number of rotatable bonds is 4. The molecule has 3 saturated heterocycles. The highest BCUT2D eigenvalue weighted by Gasteiger charge is 2.32. The molecule has 0 N–H and O–H groups in total. The highest BCUT2D eigenvalue weighted by atomic mass is 32.2. The molecule has 2 unspecified atom stereocenters. The summed E-state index contributed by atoms with van der Waals surface area (Å²) in [5, 5.41) is 0. The molecule has 3 aliphatic rings. The largest absolute Gasteiger partial charge is 0.379 e. The molecule has 0 aromatic heterocycles. The van der Waals surface area contributed by atoms with E-state index in [9.17, 15) is 13.2 Å². The molecular formula is C22H33N3O5S. The number of likely N-dealkylation sites (tertiary alicyclic amines) is 1. The van der Waals surface area contributed by atoms with Crippen molar-refractivity contribution in [3.63, 3.8) is 0 Å². The topological polar surface area (TPSA) is 79.4 Å². The lowest BCUT2D eigenvalue weighted by Crippen LogP contribution is -2.44. The molecule has 0 bridgehead atoms. The zero-order valence-electron chi connectivity index (χ0n) is 18.5. The van der Waals surface area contributed by atoms with E-state index in [-0.39, 0.29) is 10.8 Å².